The molecule has 3 heteroatoms. The molecule has 2 atom stereocenters. The second-order valence-electron chi connectivity index (χ2n) is 7.80. The fourth-order valence-corrected chi connectivity index (χ4v) is 3.79. The van der Waals surface area contributed by atoms with Crippen LogP contribution in [0.2, 0.25) is 0 Å². The van der Waals surface area contributed by atoms with E-state index in [1.54, 1.807) is 13.0 Å². The molecule has 0 bridgehead atoms. The minimum absolute atomic E-state index is 0.168. The summed E-state index contributed by atoms with van der Waals surface area (Å²) in [6.07, 6.45) is 2.27. The first-order valence-corrected chi connectivity index (χ1v) is 9.98. The number of benzene rings is 2. The SMILES string of the molecule is CCOC(=O)C1C(=O)C=C(c2ccc(C)cc2)CC1c1ccc(C(C)C)cc1. The summed E-state index contributed by atoms with van der Waals surface area (Å²) in [6.45, 7) is 8.39. The van der Waals surface area contributed by atoms with E-state index in [0.717, 1.165) is 16.7 Å². The van der Waals surface area contributed by atoms with Crippen LogP contribution >= 0.6 is 0 Å². The lowest BCUT2D eigenvalue weighted by atomic mass is 9.73. The average Bonchev–Trinajstić information content (AvgIpc) is 2.68. The number of carbonyl (C=O) groups is 2. The average molecular weight is 376 g/mol. The van der Waals surface area contributed by atoms with Crippen LogP contribution in [-0.4, -0.2) is 18.4 Å². The van der Waals surface area contributed by atoms with E-state index in [0.29, 0.717) is 12.3 Å². The quantitative estimate of drug-likeness (QED) is 0.516. The summed E-state index contributed by atoms with van der Waals surface area (Å²) in [7, 11) is 0. The lowest BCUT2D eigenvalue weighted by Crippen LogP contribution is -2.34. The van der Waals surface area contributed by atoms with Crippen LogP contribution in [0.15, 0.2) is 54.6 Å². The van der Waals surface area contributed by atoms with E-state index in [4.69, 9.17) is 4.74 Å². The van der Waals surface area contributed by atoms with E-state index >= 15 is 0 Å². The van der Waals surface area contributed by atoms with Crippen molar-refractivity contribution in [3.8, 4) is 0 Å². The molecule has 0 amide bonds. The normalized spacial score (nSPS) is 19.5. The molecule has 0 N–H and O–H groups in total. The third-order valence-corrected chi connectivity index (χ3v) is 5.46. The Morgan fingerprint density at radius 3 is 2.29 bits per heavy atom. The van der Waals surface area contributed by atoms with Gasteiger partial charge >= 0.3 is 5.97 Å². The van der Waals surface area contributed by atoms with Crippen LogP contribution in [-0.2, 0) is 14.3 Å². The predicted molar refractivity (Wildman–Crippen MR) is 112 cm³/mol. The van der Waals surface area contributed by atoms with Gasteiger partial charge in [0.15, 0.2) is 5.78 Å². The monoisotopic (exact) mass is 376 g/mol. The fraction of sp³-hybridized carbons (Fsp3) is 0.360. The zero-order valence-corrected chi connectivity index (χ0v) is 17.1. The Labute approximate surface area is 167 Å². The molecule has 1 aliphatic rings. The van der Waals surface area contributed by atoms with Crippen LogP contribution in [0.5, 0.6) is 0 Å². The van der Waals surface area contributed by atoms with Gasteiger partial charge in [-0.05, 0) is 54.5 Å². The van der Waals surface area contributed by atoms with Crippen LogP contribution in [0.4, 0.5) is 0 Å². The molecule has 28 heavy (non-hydrogen) atoms. The predicted octanol–water partition coefficient (Wildman–Crippen LogP) is 5.44. The molecule has 0 saturated carbocycles. The Balaban J connectivity index is 1.99. The maximum absolute atomic E-state index is 12.9. The molecule has 146 valence electrons. The molecular formula is C25H28O3. The number of carbonyl (C=O) groups excluding carboxylic acids is 2. The molecule has 3 nitrogen and oxygen atoms in total. The van der Waals surface area contributed by atoms with E-state index in [2.05, 4.69) is 38.1 Å². The number of hydrogen-bond acceptors (Lipinski definition) is 3. The van der Waals surface area contributed by atoms with Crippen molar-refractivity contribution >= 4 is 17.3 Å². The highest BCUT2D eigenvalue weighted by Crippen LogP contribution is 2.40. The molecule has 0 spiro atoms. The first kappa shape index (κ1) is 20.1. The van der Waals surface area contributed by atoms with Crippen molar-refractivity contribution < 1.29 is 14.3 Å². The minimum atomic E-state index is -0.779. The summed E-state index contributed by atoms with van der Waals surface area (Å²) < 4.78 is 5.23. The van der Waals surface area contributed by atoms with Gasteiger partial charge in [0.1, 0.15) is 5.92 Å². The van der Waals surface area contributed by atoms with Gasteiger partial charge in [-0.1, -0.05) is 67.9 Å². The Bertz CT molecular complexity index is 873. The van der Waals surface area contributed by atoms with Gasteiger partial charge in [-0.25, -0.2) is 0 Å². The summed E-state index contributed by atoms with van der Waals surface area (Å²) in [4.78, 5) is 25.5. The molecule has 2 aromatic rings. The molecule has 0 aromatic heterocycles. The fourth-order valence-electron chi connectivity index (χ4n) is 3.79. The van der Waals surface area contributed by atoms with E-state index in [-0.39, 0.29) is 18.3 Å². The zero-order valence-electron chi connectivity index (χ0n) is 17.1. The van der Waals surface area contributed by atoms with Crippen molar-refractivity contribution in [2.24, 2.45) is 5.92 Å². The van der Waals surface area contributed by atoms with Gasteiger partial charge in [-0.3, -0.25) is 9.59 Å². The standard InChI is InChI=1S/C25H28O3/c1-5-28-25(27)24-22(20-12-10-18(11-13-20)16(2)3)14-21(15-23(24)26)19-8-6-17(4)7-9-19/h6-13,15-16,22,24H,5,14H2,1-4H3. The Morgan fingerprint density at radius 2 is 1.71 bits per heavy atom. The molecule has 0 heterocycles. The van der Waals surface area contributed by atoms with Crippen molar-refractivity contribution in [1.29, 1.82) is 0 Å². The number of ketones is 1. The topological polar surface area (TPSA) is 43.4 Å². The summed E-state index contributed by atoms with van der Waals surface area (Å²) in [5, 5.41) is 0. The molecular weight excluding hydrogens is 348 g/mol. The third kappa shape index (κ3) is 4.24. The van der Waals surface area contributed by atoms with Crippen LogP contribution in [0.1, 0.15) is 61.3 Å². The molecule has 0 saturated heterocycles. The van der Waals surface area contributed by atoms with Gasteiger partial charge < -0.3 is 4.74 Å². The second kappa shape index (κ2) is 8.55. The molecule has 1 aliphatic carbocycles. The van der Waals surface area contributed by atoms with Gasteiger partial charge in [0.25, 0.3) is 0 Å². The molecule has 0 radical (unpaired) electrons. The van der Waals surface area contributed by atoms with E-state index in [1.807, 2.05) is 31.2 Å². The molecule has 0 fully saturated rings. The minimum Gasteiger partial charge on any atom is -0.465 e. The van der Waals surface area contributed by atoms with Crippen molar-refractivity contribution in [3.05, 3.63) is 76.9 Å². The number of hydrogen-bond donors (Lipinski definition) is 0. The highest BCUT2D eigenvalue weighted by atomic mass is 16.5. The van der Waals surface area contributed by atoms with Crippen LogP contribution in [0.3, 0.4) is 0 Å². The number of aryl methyl sites for hydroxylation is 1. The summed E-state index contributed by atoms with van der Waals surface area (Å²) in [5.74, 6) is -1.15. The second-order valence-corrected chi connectivity index (χ2v) is 7.80. The smallest absolute Gasteiger partial charge is 0.317 e. The van der Waals surface area contributed by atoms with E-state index < -0.39 is 11.9 Å². The number of allylic oxidation sites excluding steroid dienone is 2. The molecule has 2 aromatic carbocycles. The third-order valence-electron chi connectivity index (χ3n) is 5.46. The number of rotatable bonds is 5. The maximum atomic E-state index is 12.9. The van der Waals surface area contributed by atoms with Gasteiger partial charge in [0.05, 0.1) is 6.61 Å². The van der Waals surface area contributed by atoms with Crippen LogP contribution in [0.25, 0.3) is 5.57 Å². The summed E-state index contributed by atoms with van der Waals surface area (Å²) in [6, 6.07) is 16.5. The van der Waals surface area contributed by atoms with Crippen LogP contribution in [0, 0.1) is 12.8 Å². The summed E-state index contributed by atoms with van der Waals surface area (Å²) in [5.41, 5.74) is 5.44. The van der Waals surface area contributed by atoms with E-state index in [1.165, 1.54) is 11.1 Å². The molecule has 0 aliphatic heterocycles. The molecule has 2 unspecified atom stereocenters. The van der Waals surface area contributed by atoms with Crippen molar-refractivity contribution in [1.82, 2.24) is 0 Å². The van der Waals surface area contributed by atoms with Gasteiger partial charge in [0, 0.05) is 5.92 Å². The lowest BCUT2D eigenvalue weighted by molar-refractivity contribution is -0.151. The van der Waals surface area contributed by atoms with Crippen molar-refractivity contribution in [3.63, 3.8) is 0 Å². The molecule has 3 rings (SSSR count). The highest BCUT2D eigenvalue weighted by molar-refractivity contribution is 6.10. The van der Waals surface area contributed by atoms with Gasteiger partial charge in [-0.2, -0.15) is 0 Å². The van der Waals surface area contributed by atoms with Crippen LogP contribution < -0.4 is 0 Å². The summed E-state index contributed by atoms with van der Waals surface area (Å²) >= 11 is 0. The van der Waals surface area contributed by atoms with Crippen molar-refractivity contribution in [2.75, 3.05) is 6.61 Å². The van der Waals surface area contributed by atoms with Gasteiger partial charge in [-0.15, -0.1) is 0 Å². The number of ether oxygens (including phenoxy) is 1. The Morgan fingerprint density at radius 1 is 1.07 bits per heavy atom. The number of esters is 1. The first-order valence-electron chi connectivity index (χ1n) is 9.98. The lowest BCUT2D eigenvalue weighted by Gasteiger charge is -2.29. The van der Waals surface area contributed by atoms with E-state index in [9.17, 15) is 9.59 Å². The maximum Gasteiger partial charge on any atom is 0.317 e. The highest BCUT2D eigenvalue weighted by Gasteiger charge is 2.39. The largest absolute Gasteiger partial charge is 0.465 e. The Kier molecular flexibility index (Phi) is 6.13. The van der Waals surface area contributed by atoms with Gasteiger partial charge in [0.2, 0.25) is 0 Å². The zero-order chi connectivity index (χ0) is 20.3. The Hall–Kier alpha value is -2.68. The first-order chi connectivity index (χ1) is 13.4. The van der Waals surface area contributed by atoms with Crippen molar-refractivity contribution in [2.45, 2.75) is 46.0 Å².